The van der Waals surface area contributed by atoms with E-state index in [9.17, 15) is 0 Å². The first-order chi connectivity index (χ1) is 17.2. The van der Waals surface area contributed by atoms with Gasteiger partial charge in [0.25, 0.3) is 0 Å². The van der Waals surface area contributed by atoms with E-state index in [1.54, 1.807) is 50.3 Å². The second-order valence-corrected chi connectivity index (χ2v) is 16.5. The Hall–Kier alpha value is 0.720. The summed E-state index contributed by atoms with van der Waals surface area (Å²) in [6, 6.07) is 0. The van der Waals surface area contributed by atoms with Crippen LogP contribution in [0.25, 0.3) is 0 Å². The molecule has 0 nitrogen and oxygen atoms in total. The highest BCUT2D eigenvalue weighted by Gasteiger charge is 2.34. The molecule has 0 spiro atoms. The number of rotatable bonds is 30. The summed E-state index contributed by atoms with van der Waals surface area (Å²) < 4.78 is 0. The van der Waals surface area contributed by atoms with E-state index in [4.69, 9.17) is 0 Å². The van der Waals surface area contributed by atoms with Crippen LogP contribution in [0.4, 0.5) is 0 Å². The molecule has 0 amide bonds. The molecule has 0 heterocycles. The zero-order chi connectivity index (χ0) is 25.7. The fourth-order valence-electron chi connectivity index (χ4n) is 5.93. The van der Waals surface area contributed by atoms with Gasteiger partial charge in [0, 0.05) is 7.26 Å². The number of hydrogen-bond donors (Lipinski definition) is 0. The molecular formula is C34H72ClP. The van der Waals surface area contributed by atoms with Crippen molar-refractivity contribution in [3.63, 3.8) is 0 Å². The van der Waals surface area contributed by atoms with Crippen LogP contribution in [0.2, 0.25) is 0 Å². The van der Waals surface area contributed by atoms with E-state index in [1.165, 1.54) is 141 Å². The third-order valence-electron chi connectivity index (χ3n) is 8.44. The third-order valence-corrected chi connectivity index (χ3v) is 13.5. The minimum Gasteiger partial charge on any atom is -1.00 e. The fourth-order valence-corrected chi connectivity index (χ4v) is 10.9. The van der Waals surface area contributed by atoms with Gasteiger partial charge in [0.1, 0.15) is 0 Å². The molecule has 0 saturated heterocycles. The predicted octanol–water partition coefficient (Wildman–Crippen LogP) is 10.2. The van der Waals surface area contributed by atoms with Crippen molar-refractivity contribution in [3.05, 3.63) is 0 Å². The van der Waals surface area contributed by atoms with Gasteiger partial charge in [-0.05, 0) is 51.4 Å². The van der Waals surface area contributed by atoms with Crippen LogP contribution in [0.1, 0.15) is 195 Å². The average molecular weight is 547 g/mol. The van der Waals surface area contributed by atoms with E-state index < -0.39 is 7.26 Å². The van der Waals surface area contributed by atoms with Crippen molar-refractivity contribution in [2.75, 3.05) is 24.6 Å². The third kappa shape index (κ3) is 26.3. The summed E-state index contributed by atoms with van der Waals surface area (Å²) in [7, 11) is -0.729. The van der Waals surface area contributed by atoms with Crippen molar-refractivity contribution in [3.8, 4) is 0 Å². The van der Waals surface area contributed by atoms with E-state index in [0.29, 0.717) is 0 Å². The maximum Gasteiger partial charge on any atom is 0.0594 e. The van der Waals surface area contributed by atoms with Crippen LogP contribution >= 0.6 is 7.26 Å². The zero-order valence-electron chi connectivity index (χ0n) is 26.0. The number of hydrogen-bond acceptors (Lipinski definition) is 0. The minimum atomic E-state index is -0.729. The molecule has 0 radical (unpaired) electrons. The van der Waals surface area contributed by atoms with Gasteiger partial charge in [-0.2, -0.15) is 0 Å². The van der Waals surface area contributed by atoms with Crippen LogP contribution in [0, 0.1) is 0 Å². The largest absolute Gasteiger partial charge is 1.00 e. The van der Waals surface area contributed by atoms with Crippen molar-refractivity contribution in [2.24, 2.45) is 0 Å². The first kappa shape index (κ1) is 38.9. The molecule has 0 aliphatic carbocycles. The number of unbranched alkanes of at least 4 members (excludes halogenated alkanes) is 22. The van der Waals surface area contributed by atoms with Gasteiger partial charge in [-0.15, -0.1) is 0 Å². The Labute approximate surface area is 238 Å². The van der Waals surface area contributed by atoms with Gasteiger partial charge in [-0.3, -0.25) is 0 Å². The summed E-state index contributed by atoms with van der Waals surface area (Å²) in [5.74, 6) is 0. The Balaban J connectivity index is 0. The van der Waals surface area contributed by atoms with E-state index in [0.717, 1.165) is 0 Å². The summed E-state index contributed by atoms with van der Waals surface area (Å²) in [4.78, 5) is 0. The normalized spacial score (nSPS) is 11.7. The lowest BCUT2D eigenvalue weighted by molar-refractivity contribution is -0.00000799. The van der Waals surface area contributed by atoms with Gasteiger partial charge in [0.15, 0.2) is 0 Å². The Morgan fingerprint density at radius 2 is 0.417 bits per heavy atom. The first-order valence-corrected chi connectivity index (χ1v) is 19.6. The van der Waals surface area contributed by atoms with Crippen LogP contribution in [0.15, 0.2) is 0 Å². The van der Waals surface area contributed by atoms with Gasteiger partial charge in [0.2, 0.25) is 0 Å². The Morgan fingerprint density at radius 1 is 0.250 bits per heavy atom. The summed E-state index contributed by atoms with van der Waals surface area (Å²) in [6.45, 7) is 9.38. The van der Waals surface area contributed by atoms with Crippen molar-refractivity contribution < 1.29 is 12.4 Å². The Kier molecular flexibility index (Phi) is 34.5. The van der Waals surface area contributed by atoms with E-state index in [1.807, 2.05) is 0 Å². The lowest BCUT2D eigenvalue weighted by Crippen LogP contribution is -3.00. The Bertz CT molecular complexity index is 343. The standard InChI is InChI=1S/C34H72P.ClH/c1-5-9-13-17-21-22-26-30-34-35(31-27-23-18-14-10-6-2,32-28-24-19-15-11-7-3)33-29-25-20-16-12-8-4;/h5-34H2,1-4H3;1H/q+1;/p-1. The summed E-state index contributed by atoms with van der Waals surface area (Å²) in [5.41, 5.74) is 0. The SMILES string of the molecule is CCCCCCCCCC[P+](CCCCCCCC)(CCCCCCCC)CCCCCCCC.[Cl-]. The van der Waals surface area contributed by atoms with Crippen molar-refractivity contribution in [1.29, 1.82) is 0 Å². The second-order valence-electron chi connectivity index (χ2n) is 12.0. The summed E-state index contributed by atoms with van der Waals surface area (Å²) >= 11 is 0. The molecule has 0 N–H and O–H groups in total. The molecular weight excluding hydrogens is 475 g/mol. The quantitative estimate of drug-likeness (QED) is 0.0620. The van der Waals surface area contributed by atoms with E-state index >= 15 is 0 Å². The highest BCUT2D eigenvalue weighted by atomic mass is 35.5. The lowest BCUT2D eigenvalue weighted by Gasteiger charge is -2.28. The fraction of sp³-hybridized carbons (Fsp3) is 1.00. The van der Waals surface area contributed by atoms with Crippen molar-refractivity contribution >= 4 is 7.26 Å². The highest BCUT2D eigenvalue weighted by molar-refractivity contribution is 7.75. The van der Waals surface area contributed by atoms with Crippen LogP contribution in [0.5, 0.6) is 0 Å². The topological polar surface area (TPSA) is 0 Å². The molecule has 0 aromatic rings. The molecule has 0 bridgehead atoms. The van der Waals surface area contributed by atoms with Crippen LogP contribution in [0.3, 0.4) is 0 Å². The molecule has 0 aromatic heterocycles. The predicted molar refractivity (Wildman–Crippen MR) is 169 cm³/mol. The van der Waals surface area contributed by atoms with Crippen LogP contribution < -0.4 is 12.4 Å². The molecule has 0 aliphatic rings. The first-order valence-electron chi connectivity index (χ1n) is 17.1. The van der Waals surface area contributed by atoms with Gasteiger partial charge in [-0.1, -0.05) is 143 Å². The molecule has 220 valence electrons. The lowest BCUT2D eigenvalue weighted by atomic mass is 10.1. The van der Waals surface area contributed by atoms with Gasteiger partial charge >= 0.3 is 0 Å². The molecule has 0 rings (SSSR count). The molecule has 0 unspecified atom stereocenters. The molecule has 2 heteroatoms. The maximum atomic E-state index is 2.35. The molecule has 36 heavy (non-hydrogen) atoms. The zero-order valence-corrected chi connectivity index (χ0v) is 27.7. The average Bonchev–Trinajstić information content (AvgIpc) is 2.87. The van der Waals surface area contributed by atoms with E-state index in [-0.39, 0.29) is 12.4 Å². The minimum absolute atomic E-state index is 0. The van der Waals surface area contributed by atoms with Crippen molar-refractivity contribution in [2.45, 2.75) is 195 Å². The molecule has 0 atom stereocenters. The smallest absolute Gasteiger partial charge is 0.0594 e. The monoisotopic (exact) mass is 547 g/mol. The maximum absolute atomic E-state index is 2.35. The van der Waals surface area contributed by atoms with Crippen LogP contribution in [-0.4, -0.2) is 24.6 Å². The molecule has 0 aromatic carbocycles. The molecule has 0 fully saturated rings. The molecule has 0 aliphatic heterocycles. The van der Waals surface area contributed by atoms with Gasteiger partial charge < -0.3 is 12.4 Å². The second kappa shape index (κ2) is 31.9. The summed E-state index contributed by atoms with van der Waals surface area (Å²) in [6.07, 6.45) is 45.2. The summed E-state index contributed by atoms with van der Waals surface area (Å²) in [5, 5.41) is 0. The molecule has 0 saturated carbocycles. The Morgan fingerprint density at radius 3 is 0.611 bits per heavy atom. The van der Waals surface area contributed by atoms with Crippen molar-refractivity contribution in [1.82, 2.24) is 0 Å². The van der Waals surface area contributed by atoms with Crippen LogP contribution in [-0.2, 0) is 0 Å². The van der Waals surface area contributed by atoms with Gasteiger partial charge in [0.05, 0.1) is 24.6 Å². The highest BCUT2D eigenvalue weighted by Crippen LogP contribution is 2.61. The number of halogens is 1. The van der Waals surface area contributed by atoms with Gasteiger partial charge in [-0.25, -0.2) is 0 Å². The van der Waals surface area contributed by atoms with E-state index in [2.05, 4.69) is 27.7 Å².